The van der Waals surface area contributed by atoms with Crippen molar-refractivity contribution in [2.24, 2.45) is 17.2 Å². The average Bonchev–Trinajstić information content (AvgIpc) is 3.65. The number of carboxylic acids is 1. The number of thiazole rings is 1. The Labute approximate surface area is 269 Å². The van der Waals surface area contributed by atoms with Gasteiger partial charge in [0.15, 0.2) is 29.8 Å². The van der Waals surface area contributed by atoms with E-state index in [0.717, 1.165) is 16.9 Å². The highest BCUT2D eigenvalue weighted by molar-refractivity contribution is 8.00. The van der Waals surface area contributed by atoms with Crippen LogP contribution >= 0.6 is 23.1 Å². The number of oxime groups is 1. The first-order valence-corrected chi connectivity index (χ1v) is 15.6. The van der Waals surface area contributed by atoms with E-state index < -0.39 is 35.1 Å². The van der Waals surface area contributed by atoms with Gasteiger partial charge in [0.25, 0.3) is 11.8 Å². The van der Waals surface area contributed by atoms with Crippen molar-refractivity contribution in [2.75, 3.05) is 18.1 Å². The Morgan fingerprint density at radius 2 is 2.11 bits per heavy atom. The number of pyridine rings is 1. The minimum atomic E-state index is -1.25. The molecule has 46 heavy (non-hydrogen) atoms. The maximum Gasteiger partial charge on any atom is 0.352 e. The van der Waals surface area contributed by atoms with Crippen LogP contribution in [0.25, 0.3) is 11.3 Å². The number of aliphatic carboxylic acids is 1. The topological polar surface area (TPSA) is 222 Å². The summed E-state index contributed by atoms with van der Waals surface area (Å²) in [5.41, 5.74) is 7.60. The molecule has 3 amide bonds. The first kappa shape index (κ1) is 32.0. The van der Waals surface area contributed by atoms with Crippen LogP contribution in [0.4, 0.5) is 5.13 Å². The highest BCUT2D eigenvalue weighted by atomic mass is 32.2. The number of carbonyl (C=O) groups excluding carboxylic acids is 3. The first-order chi connectivity index (χ1) is 22.1. The second-order valence-electron chi connectivity index (χ2n) is 9.72. The minimum absolute atomic E-state index is 0.140. The maximum absolute atomic E-state index is 13.1. The maximum atomic E-state index is 13.1. The number of rotatable bonds is 11. The summed E-state index contributed by atoms with van der Waals surface area (Å²) in [6.45, 7) is 2.31. The lowest BCUT2D eigenvalue weighted by Gasteiger charge is -2.49. The van der Waals surface area contributed by atoms with Crippen LogP contribution in [0.3, 0.4) is 0 Å². The van der Waals surface area contributed by atoms with Gasteiger partial charge in [-0.3, -0.25) is 24.0 Å². The summed E-state index contributed by atoms with van der Waals surface area (Å²) in [4.78, 5) is 64.1. The molecule has 5 rings (SSSR count). The van der Waals surface area contributed by atoms with Crippen LogP contribution in [0.5, 0.6) is 0 Å². The molecule has 2 atom stereocenters. The van der Waals surface area contributed by atoms with E-state index in [2.05, 4.69) is 25.5 Å². The lowest BCUT2D eigenvalue weighted by Crippen LogP contribution is -2.71. The van der Waals surface area contributed by atoms with Crippen LogP contribution in [0.2, 0.25) is 0 Å². The van der Waals surface area contributed by atoms with Crippen molar-refractivity contribution in [2.45, 2.75) is 24.9 Å². The Hall–Kier alpha value is -5.45. The number of nitrogens with two attached hydrogens (primary N) is 1. The van der Waals surface area contributed by atoms with Crippen LogP contribution in [-0.4, -0.2) is 84.0 Å². The molecular formula is C28H27N10O6S2+. The van der Waals surface area contributed by atoms with Crippen LogP contribution in [0.1, 0.15) is 23.1 Å². The first-order valence-electron chi connectivity index (χ1n) is 13.6. The molecule has 1 fully saturated rings. The van der Waals surface area contributed by atoms with Gasteiger partial charge in [-0.1, -0.05) is 11.2 Å². The molecule has 3 aromatic rings. The summed E-state index contributed by atoms with van der Waals surface area (Å²) >= 11 is 2.45. The van der Waals surface area contributed by atoms with Crippen molar-refractivity contribution < 1.29 is 33.7 Å². The largest absolute Gasteiger partial charge is 0.477 e. The third kappa shape index (κ3) is 6.49. The fourth-order valence-corrected chi connectivity index (χ4v) is 6.56. The Kier molecular flexibility index (Phi) is 9.50. The van der Waals surface area contributed by atoms with E-state index in [-0.39, 0.29) is 34.5 Å². The normalized spacial score (nSPS) is 17.7. The quantitative estimate of drug-likeness (QED) is 0.0988. The van der Waals surface area contributed by atoms with Gasteiger partial charge in [-0.05, 0) is 24.6 Å². The van der Waals surface area contributed by atoms with Gasteiger partial charge in [-0.25, -0.2) is 19.8 Å². The second kappa shape index (κ2) is 13.7. The smallest absolute Gasteiger partial charge is 0.352 e. The predicted molar refractivity (Wildman–Crippen MR) is 167 cm³/mol. The molecule has 0 radical (unpaired) electrons. The molecule has 5 N–H and O–H groups in total. The number of allylic oxidation sites excluding steroid dienone is 2. The van der Waals surface area contributed by atoms with Crippen LogP contribution in [0, 0.1) is 5.41 Å². The van der Waals surface area contributed by atoms with E-state index in [1.54, 1.807) is 56.0 Å². The van der Waals surface area contributed by atoms with E-state index in [4.69, 9.17) is 16.0 Å². The molecule has 0 saturated carbocycles. The van der Waals surface area contributed by atoms with Gasteiger partial charge < -0.3 is 21.0 Å². The molecule has 3 aromatic heterocycles. The van der Waals surface area contributed by atoms with Gasteiger partial charge in [0, 0.05) is 35.9 Å². The van der Waals surface area contributed by atoms with E-state index in [1.165, 1.54) is 21.3 Å². The number of aryl methyl sites for hydroxylation is 1. The van der Waals surface area contributed by atoms with Gasteiger partial charge in [0.1, 0.15) is 35.1 Å². The number of nitrogens with one attached hydrogen (secondary N) is 2. The van der Waals surface area contributed by atoms with E-state index >= 15 is 0 Å². The Morgan fingerprint density at radius 1 is 1.35 bits per heavy atom. The summed E-state index contributed by atoms with van der Waals surface area (Å²) in [5, 5.41) is 28.8. The zero-order valence-corrected chi connectivity index (χ0v) is 26.0. The molecule has 2 aliphatic rings. The monoisotopic (exact) mass is 663 g/mol. The fraction of sp³-hybridized carbons (Fsp3) is 0.250. The molecule has 0 aliphatic carbocycles. The number of thioether (sulfide) groups is 1. The van der Waals surface area contributed by atoms with Crippen molar-refractivity contribution in [1.29, 1.82) is 5.41 Å². The zero-order valence-electron chi connectivity index (χ0n) is 24.4. The third-order valence-corrected chi connectivity index (χ3v) is 8.81. The summed E-state index contributed by atoms with van der Waals surface area (Å²) in [6.07, 6.45) is 7.07. The number of hydrogen-bond donors (Lipinski definition) is 4. The van der Waals surface area contributed by atoms with Gasteiger partial charge in [0.2, 0.25) is 0 Å². The predicted octanol–water partition coefficient (Wildman–Crippen LogP) is 1.04. The summed E-state index contributed by atoms with van der Waals surface area (Å²) in [6, 6.07) is 5.96. The molecule has 1 saturated heterocycles. The summed E-state index contributed by atoms with van der Waals surface area (Å²) in [5.74, 6) is -2.82. The van der Waals surface area contributed by atoms with Gasteiger partial charge >= 0.3 is 11.9 Å². The molecule has 0 unspecified atom stereocenters. The van der Waals surface area contributed by atoms with Gasteiger partial charge in [0.05, 0.1) is 11.7 Å². The number of aromatic nitrogens is 4. The van der Waals surface area contributed by atoms with Crippen LogP contribution < -0.4 is 15.6 Å². The fourth-order valence-electron chi connectivity index (χ4n) is 4.69. The van der Waals surface area contributed by atoms with Gasteiger partial charge in [-0.15, -0.1) is 28.1 Å². The van der Waals surface area contributed by atoms with Gasteiger partial charge in [-0.2, -0.15) is 5.10 Å². The number of fused-ring (bicyclic) bond motifs is 1. The van der Waals surface area contributed by atoms with Crippen LogP contribution in [0.15, 0.2) is 69.5 Å². The molecule has 16 nitrogen and oxygen atoms in total. The highest BCUT2D eigenvalue weighted by Crippen LogP contribution is 2.40. The van der Waals surface area contributed by atoms with Crippen LogP contribution in [-0.2, 0) is 32.8 Å². The number of nitrogen functional groups attached to an aromatic ring is 1. The van der Waals surface area contributed by atoms with E-state index in [9.17, 15) is 24.3 Å². The second-order valence-corrected chi connectivity index (χ2v) is 11.7. The standard InChI is InChI=1S/C28H26N10O6S2/c1-3-44-35-20(18-13-46-28(30)32-18)24(40)33-21-25(41)38-22(27(42)43)16(12-45-26(21)38)5-4-8-37-9-6-15(7-10-37)17-11-19(36(2)34-17)23(39)31-14-29/h4-7,9-11,13,21,26,29H,3,8,12H2,1-2H3,(H3-,30,32,33,40,42,43)/p+1/b5-4+,35-20-/t21-,26-/m1/s1. The average molecular weight is 664 g/mol. The van der Waals surface area contributed by atoms with Crippen molar-refractivity contribution in [3.05, 3.63) is 70.8 Å². The van der Waals surface area contributed by atoms with E-state index in [0.29, 0.717) is 23.6 Å². The van der Waals surface area contributed by atoms with Crippen molar-refractivity contribution >= 4 is 63.6 Å². The summed E-state index contributed by atoms with van der Waals surface area (Å²) in [7, 11) is 1.61. The number of carboxylic acid groups (broad SMARTS) is 1. The number of hydrogen-bond acceptors (Lipinski definition) is 12. The molecule has 236 valence electrons. The number of amides is 3. The van der Waals surface area contributed by atoms with Crippen molar-refractivity contribution in [1.82, 2.24) is 25.0 Å². The molecule has 2 aliphatic heterocycles. The third-order valence-electron chi connectivity index (χ3n) is 6.83. The number of nitrogens with zero attached hydrogens (tertiary/aromatic N) is 7. The zero-order chi connectivity index (χ0) is 33.0. The molecule has 18 heteroatoms. The Morgan fingerprint density at radius 3 is 2.76 bits per heavy atom. The van der Waals surface area contributed by atoms with Crippen molar-refractivity contribution in [3.8, 4) is 11.3 Å². The Balaban J connectivity index is 1.25. The molecule has 0 bridgehead atoms. The molecule has 5 heterocycles. The number of carbonyl (C=O) groups is 4. The number of β-lactam (4-membered cyclic amide) rings is 1. The SMILES string of the molecule is CCO/N=C(\C(=O)N[C@@H]1C(=O)N2C(C(=O)O)=C(/C=C/C[n+]3ccc(-c4cc(C(=O)N=C=N)n(C)n4)cc3)CS[C@H]12)c1csc(N)n1. The van der Waals surface area contributed by atoms with E-state index in [1.807, 2.05) is 16.7 Å². The molecular weight excluding hydrogens is 637 g/mol. The summed E-state index contributed by atoms with van der Waals surface area (Å²) < 4.78 is 3.24. The molecule has 0 aromatic carbocycles. The minimum Gasteiger partial charge on any atom is -0.477 e. The van der Waals surface area contributed by atoms with Crippen molar-refractivity contribution in [3.63, 3.8) is 0 Å². The number of aliphatic imine (C=N–C) groups is 1. The lowest BCUT2D eigenvalue weighted by molar-refractivity contribution is -0.686. The Bertz CT molecular complexity index is 1860. The highest BCUT2D eigenvalue weighted by Gasteiger charge is 2.54. The lowest BCUT2D eigenvalue weighted by atomic mass is 10.0. The molecule has 0 spiro atoms. The number of anilines is 1.